The van der Waals surface area contributed by atoms with Crippen molar-refractivity contribution in [3.05, 3.63) is 12.2 Å². The maximum atomic E-state index is 12.7. The minimum atomic E-state index is -0.540. The van der Waals surface area contributed by atoms with Gasteiger partial charge in [0.15, 0.2) is 0 Å². The van der Waals surface area contributed by atoms with Gasteiger partial charge in [-0.15, -0.1) is 0 Å². The fourth-order valence-corrected chi connectivity index (χ4v) is 10.1. The minimum absolute atomic E-state index is 0.190. The molecule has 4 rings (SSSR count). The van der Waals surface area contributed by atoms with Crippen molar-refractivity contribution in [2.45, 2.75) is 118 Å². The molecule has 0 aromatic rings. The van der Waals surface area contributed by atoms with Crippen LogP contribution in [0.3, 0.4) is 0 Å². The van der Waals surface area contributed by atoms with Crippen LogP contribution in [0.5, 0.6) is 0 Å². The molecule has 0 heterocycles. The molecule has 33 heavy (non-hydrogen) atoms. The molecule has 3 heteroatoms. The summed E-state index contributed by atoms with van der Waals surface area (Å²) < 4.78 is 0. The van der Waals surface area contributed by atoms with Crippen LogP contribution in [-0.4, -0.2) is 22.3 Å². The topological polar surface area (TPSA) is 57.5 Å². The summed E-state index contributed by atoms with van der Waals surface area (Å²) in [6.07, 6.45) is 11.8. The molecule has 0 amide bonds. The van der Waals surface area contributed by atoms with E-state index in [0.717, 1.165) is 38.5 Å². The highest BCUT2D eigenvalue weighted by Crippen LogP contribution is 2.75. The second-order valence-electron chi connectivity index (χ2n) is 13.9. The van der Waals surface area contributed by atoms with Crippen molar-refractivity contribution < 1.29 is 15.0 Å². The standard InChI is InChI=1S/C30H50O3/c1-19(2)21-11-16-30(26(32)33)18-17-28(6)22(25(21)30)9-10-24-27(5,13-8-14-29(24,28)7)15-12-23(31)20(3)4/h20-25,31H,1,8-18H2,2-7H3,(H,32,33). The van der Waals surface area contributed by atoms with Gasteiger partial charge in [-0.3, -0.25) is 4.79 Å². The Morgan fingerprint density at radius 2 is 1.70 bits per heavy atom. The number of hydrogen-bond donors (Lipinski definition) is 2. The lowest BCUT2D eigenvalue weighted by molar-refractivity contribution is -0.212. The number of carbonyl (C=O) groups is 1. The average molecular weight is 459 g/mol. The number of fused-ring (bicyclic) bond motifs is 5. The summed E-state index contributed by atoms with van der Waals surface area (Å²) in [5, 5.41) is 21.0. The second kappa shape index (κ2) is 8.38. The Labute approximate surface area is 202 Å². The SMILES string of the molecule is C=C(C)C1CCC2(C(=O)O)CCC3(C)C(CCC4C(C)(CCC(O)C(C)C)CCCC43C)C12. The maximum Gasteiger partial charge on any atom is 0.309 e. The van der Waals surface area contributed by atoms with Crippen LogP contribution in [0, 0.1) is 51.2 Å². The van der Waals surface area contributed by atoms with Gasteiger partial charge in [-0.05, 0) is 117 Å². The minimum Gasteiger partial charge on any atom is -0.481 e. The first-order valence-electron chi connectivity index (χ1n) is 13.9. The van der Waals surface area contributed by atoms with E-state index in [4.69, 9.17) is 0 Å². The van der Waals surface area contributed by atoms with Gasteiger partial charge in [-0.1, -0.05) is 53.2 Å². The van der Waals surface area contributed by atoms with E-state index >= 15 is 0 Å². The molecule has 0 bridgehead atoms. The molecule has 4 aliphatic carbocycles. The van der Waals surface area contributed by atoms with Crippen molar-refractivity contribution in [1.29, 1.82) is 0 Å². The molecular weight excluding hydrogens is 408 g/mol. The number of aliphatic hydroxyl groups excluding tert-OH is 1. The van der Waals surface area contributed by atoms with Gasteiger partial charge in [0, 0.05) is 0 Å². The molecule has 4 saturated carbocycles. The highest BCUT2D eigenvalue weighted by Gasteiger charge is 2.69. The van der Waals surface area contributed by atoms with E-state index in [1.165, 1.54) is 37.7 Å². The highest BCUT2D eigenvalue weighted by molar-refractivity contribution is 5.76. The Balaban J connectivity index is 1.68. The van der Waals surface area contributed by atoms with Crippen LogP contribution in [0.2, 0.25) is 0 Å². The zero-order valence-corrected chi connectivity index (χ0v) is 22.3. The van der Waals surface area contributed by atoms with Gasteiger partial charge in [0.1, 0.15) is 0 Å². The predicted octanol–water partition coefficient (Wildman–Crippen LogP) is 7.48. The van der Waals surface area contributed by atoms with Crippen LogP contribution in [0.1, 0.15) is 112 Å². The molecule has 9 atom stereocenters. The summed E-state index contributed by atoms with van der Waals surface area (Å²) in [6, 6.07) is 0. The van der Waals surface area contributed by atoms with E-state index in [-0.39, 0.29) is 28.3 Å². The molecule has 0 spiro atoms. The molecule has 9 unspecified atom stereocenters. The van der Waals surface area contributed by atoms with Crippen LogP contribution in [0.25, 0.3) is 0 Å². The number of aliphatic hydroxyl groups is 1. The summed E-state index contributed by atoms with van der Waals surface area (Å²) >= 11 is 0. The van der Waals surface area contributed by atoms with Crippen molar-refractivity contribution in [3.8, 4) is 0 Å². The normalized spacial score (nSPS) is 48.0. The number of rotatable bonds is 6. The monoisotopic (exact) mass is 458 g/mol. The zero-order valence-electron chi connectivity index (χ0n) is 22.3. The summed E-state index contributed by atoms with van der Waals surface area (Å²) in [6.45, 7) is 18.4. The number of aliphatic carboxylic acids is 1. The van der Waals surface area contributed by atoms with Crippen LogP contribution in [-0.2, 0) is 4.79 Å². The molecule has 3 nitrogen and oxygen atoms in total. The molecule has 0 aromatic carbocycles. The molecule has 0 aromatic heterocycles. The Morgan fingerprint density at radius 1 is 1.00 bits per heavy atom. The van der Waals surface area contributed by atoms with Gasteiger partial charge in [0.25, 0.3) is 0 Å². The number of hydrogen-bond acceptors (Lipinski definition) is 2. The third-order valence-corrected chi connectivity index (χ3v) is 12.3. The van der Waals surface area contributed by atoms with Gasteiger partial charge in [-0.2, -0.15) is 0 Å². The first-order valence-corrected chi connectivity index (χ1v) is 13.9. The third kappa shape index (κ3) is 3.57. The summed E-state index contributed by atoms with van der Waals surface area (Å²) in [7, 11) is 0. The van der Waals surface area contributed by atoms with Crippen molar-refractivity contribution in [2.75, 3.05) is 0 Å². The van der Waals surface area contributed by atoms with Gasteiger partial charge in [0.05, 0.1) is 11.5 Å². The van der Waals surface area contributed by atoms with Crippen LogP contribution < -0.4 is 0 Å². The fourth-order valence-electron chi connectivity index (χ4n) is 10.1. The van der Waals surface area contributed by atoms with Gasteiger partial charge >= 0.3 is 5.97 Å². The van der Waals surface area contributed by atoms with E-state index in [2.05, 4.69) is 48.1 Å². The van der Waals surface area contributed by atoms with Crippen LogP contribution in [0.15, 0.2) is 12.2 Å². The average Bonchev–Trinajstić information content (AvgIpc) is 3.14. The molecule has 188 valence electrons. The third-order valence-electron chi connectivity index (χ3n) is 12.3. The molecule has 2 N–H and O–H groups in total. The van der Waals surface area contributed by atoms with Crippen molar-refractivity contribution in [3.63, 3.8) is 0 Å². The van der Waals surface area contributed by atoms with E-state index in [0.29, 0.717) is 23.7 Å². The largest absolute Gasteiger partial charge is 0.481 e. The molecule has 4 aliphatic rings. The Kier molecular flexibility index (Phi) is 6.42. The maximum absolute atomic E-state index is 12.7. The molecule has 4 fully saturated rings. The Morgan fingerprint density at radius 3 is 2.30 bits per heavy atom. The van der Waals surface area contributed by atoms with Gasteiger partial charge in [-0.25, -0.2) is 0 Å². The van der Waals surface area contributed by atoms with Crippen LogP contribution in [0.4, 0.5) is 0 Å². The van der Waals surface area contributed by atoms with Crippen molar-refractivity contribution in [2.24, 2.45) is 51.2 Å². The summed E-state index contributed by atoms with van der Waals surface area (Å²) in [5.74, 6) is 1.54. The highest BCUT2D eigenvalue weighted by atomic mass is 16.4. The van der Waals surface area contributed by atoms with Gasteiger partial charge < -0.3 is 10.2 Å². The fraction of sp³-hybridized carbons (Fsp3) is 0.900. The first kappa shape index (κ1) is 25.3. The van der Waals surface area contributed by atoms with E-state index in [1.807, 2.05) is 0 Å². The Bertz CT molecular complexity index is 787. The lowest BCUT2D eigenvalue weighted by Gasteiger charge is -2.69. The number of carboxylic acids is 1. The summed E-state index contributed by atoms with van der Waals surface area (Å²) in [4.78, 5) is 12.7. The first-order chi connectivity index (χ1) is 15.3. The predicted molar refractivity (Wildman–Crippen MR) is 135 cm³/mol. The zero-order chi connectivity index (χ0) is 24.4. The second-order valence-corrected chi connectivity index (χ2v) is 13.9. The smallest absolute Gasteiger partial charge is 0.309 e. The molecular formula is C30H50O3. The van der Waals surface area contributed by atoms with Gasteiger partial charge in [0.2, 0.25) is 0 Å². The Hall–Kier alpha value is -0.830. The molecule has 0 saturated heterocycles. The number of carboxylic acid groups (broad SMARTS) is 1. The molecule has 0 aliphatic heterocycles. The quantitative estimate of drug-likeness (QED) is 0.406. The lowest BCUT2D eigenvalue weighted by Crippen LogP contribution is -2.63. The van der Waals surface area contributed by atoms with E-state index < -0.39 is 11.4 Å². The van der Waals surface area contributed by atoms with Crippen molar-refractivity contribution >= 4 is 5.97 Å². The van der Waals surface area contributed by atoms with E-state index in [1.54, 1.807) is 0 Å². The van der Waals surface area contributed by atoms with Crippen molar-refractivity contribution in [1.82, 2.24) is 0 Å². The summed E-state index contributed by atoms with van der Waals surface area (Å²) in [5.41, 5.74) is 1.39. The van der Waals surface area contributed by atoms with Crippen LogP contribution >= 0.6 is 0 Å². The molecule has 0 radical (unpaired) electrons. The number of allylic oxidation sites excluding steroid dienone is 1. The lowest BCUT2D eigenvalue weighted by atomic mass is 9.35. The van der Waals surface area contributed by atoms with E-state index in [9.17, 15) is 15.0 Å².